The van der Waals surface area contributed by atoms with Crippen LogP contribution in [0, 0.1) is 11.8 Å². The minimum absolute atomic E-state index is 0.558. The molecule has 20 heavy (non-hydrogen) atoms. The Labute approximate surface area is 124 Å². The van der Waals surface area contributed by atoms with Gasteiger partial charge in [-0.25, -0.2) is 0 Å². The van der Waals surface area contributed by atoms with E-state index in [0.29, 0.717) is 6.04 Å². The Bertz CT molecular complexity index is 427. The molecule has 0 amide bonds. The summed E-state index contributed by atoms with van der Waals surface area (Å²) >= 11 is 0. The minimum atomic E-state index is 0.558. The molecule has 2 aliphatic carbocycles. The molecule has 1 aromatic rings. The third kappa shape index (κ3) is 2.93. The van der Waals surface area contributed by atoms with Crippen molar-refractivity contribution in [2.24, 2.45) is 11.8 Å². The number of rotatable bonds is 4. The maximum absolute atomic E-state index is 3.61. The maximum Gasteiger partial charge on any atom is 0.0346 e. The summed E-state index contributed by atoms with van der Waals surface area (Å²) < 4.78 is 0. The van der Waals surface area contributed by atoms with Crippen LogP contribution in [0.5, 0.6) is 0 Å². The van der Waals surface area contributed by atoms with Gasteiger partial charge in [-0.05, 0) is 61.6 Å². The highest BCUT2D eigenvalue weighted by Gasteiger charge is 2.27. The lowest BCUT2D eigenvalue weighted by molar-refractivity contribution is 0.238. The van der Waals surface area contributed by atoms with Crippen molar-refractivity contribution in [1.29, 1.82) is 0 Å². The van der Waals surface area contributed by atoms with Gasteiger partial charge in [0.1, 0.15) is 0 Å². The Morgan fingerprint density at radius 1 is 1.05 bits per heavy atom. The molecule has 2 aliphatic rings. The Hall–Kier alpha value is -0.820. The predicted molar refractivity (Wildman–Crippen MR) is 86.0 cm³/mol. The minimum Gasteiger partial charge on any atom is -0.313 e. The second-order valence-electron chi connectivity index (χ2n) is 7.08. The van der Waals surface area contributed by atoms with Crippen molar-refractivity contribution in [3.05, 3.63) is 35.4 Å². The Morgan fingerprint density at radius 3 is 2.40 bits per heavy atom. The fourth-order valence-corrected chi connectivity index (χ4v) is 4.04. The molecular formula is C19H29N. The number of hydrogen-bond donors (Lipinski definition) is 1. The molecule has 0 heterocycles. The molecule has 1 heteroatoms. The van der Waals surface area contributed by atoms with E-state index in [1.54, 1.807) is 5.56 Å². The molecule has 2 saturated carbocycles. The molecule has 1 atom stereocenters. The first kappa shape index (κ1) is 14.1. The molecule has 0 bridgehead atoms. The van der Waals surface area contributed by atoms with Crippen LogP contribution in [0.2, 0.25) is 0 Å². The highest BCUT2D eigenvalue weighted by molar-refractivity contribution is 5.30. The quantitative estimate of drug-likeness (QED) is 0.809. The molecule has 1 nitrogen and oxygen atoms in total. The summed E-state index contributed by atoms with van der Waals surface area (Å²) in [6.07, 6.45) is 9.81. The SMILES string of the molecule is CNC(c1cccc(C2CCC2)c1)C1CCC(C)CC1. The van der Waals surface area contributed by atoms with E-state index in [9.17, 15) is 0 Å². The van der Waals surface area contributed by atoms with E-state index in [1.807, 2.05) is 0 Å². The van der Waals surface area contributed by atoms with Crippen LogP contribution in [0.1, 0.15) is 75.0 Å². The number of benzene rings is 1. The van der Waals surface area contributed by atoms with Crippen molar-refractivity contribution >= 4 is 0 Å². The highest BCUT2D eigenvalue weighted by Crippen LogP contribution is 2.40. The van der Waals surface area contributed by atoms with E-state index < -0.39 is 0 Å². The van der Waals surface area contributed by atoms with Gasteiger partial charge in [-0.1, -0.05) is 50.5 Å². The van der Waals surface area contributed by atoms with Gasteiger partial charge < -0.3 is 5.32 Å². The molecule has 1 N–H and O–H groups in total. The van der Waals surface area contributed by atoms with Crippen LogP contribution in [0.15, 0.2) is 24.3 Å². The lowest BCUT2D eigenvalue weighted by atomic mass is 9.75. The molecule has 110 valence electrons. The average molecular weight is 271 g/mol. The molecule has 0 aliphatic heterocycles. The second kappa shape index (κ2) is 6.30. The van der Waals surface area contributed by atoms with E-state index in [4.69, 9.17) is 0 Å². The van der Waals surface area contributed by atoms with Gasteiger partial charge in [0.15, 0.2) is 0 Å². The Morgan fingerprint density at radius 2 is 1.80 bits per heavy atom. The molecule has 1 aromatic carbocycles. The predicted octanol–water partition coefficient (Wildman–Crippen LogP) is 5.04. The zero-order chi connectivity index (χ0) is 13.9. The smallest absolute Gasteiger partial charge is 0.0346 e. The average Bonchev–Trinajstić information content (AvgIpc) is 2.40. The molecule has 0 saturated heterocycles. The number of nitrogens with one attached hydrogen (secondary N) is 1. The lowest BCUT2D eigenvalue weighted by Gasteiger charge is -2.34. The van der Waals surface area contributed by atoms with Crippen molar-refractivity contribution in [3.8, 4) is 0 Å². The fourth-order valence-electron chi connectivity index (χ4n) is 4.04. The number of hydrogen-bond acceptors (Lipinski definition) is 1. The molecule has 3 rings (SSSR count). The van der Waals surface area contributed by atoms with Crippen molar-refractivity contribution in [2.45, 2.75) is 63.8 Å². The molecule has 0 spiro atoms. The van der Waals surface area contributed by atoms with Gasteiger partial charge in [-0.3, -0.25) is 0 Å². The van der Waals surface area contributed by atoms with Crippen LogP contribution in [-0.4, -0.2) is 7.05 Å². The van der Waals surface area contributed by atoms with E-state index in [1.165, 1.54) is 50.5 Å². The maximum atomic E-state index is 3.61. The summed E-state index contributed by atoms with van der Waals surface area (Å²) in [5, 5.41) is 3.61. The summed E-state index contributed by atoms with van der Waals surface area (Å²) in [5.74, 6) is 2.61. The zero-order valence-electron chi connectivity index (χ0n) is 13.1. The molecular weight excluding hydrogens is 242 g/mol. The zero-order valence-corrected chi connectivity index (χ0v) is 13.1. The Balaban J connectivity index is 1.74. The Kier molecular flexibility index (Phi) is 4.45. The second-order valence-corrected chi connectivity index (χ2v) is 7.08. The molecule has 2 fully saturated rings. The van der Waals surface area contributed by atoms with Gasteiger partial charge in [0.2, 0.25) is 0 Å². The summed E-state index contributed by atoms with van der Waals surface area (Å²) in [6, 6.07) is 9.99. The van der Waals surface area contributed by atoms with Crippen LogP contribution >= 0.6 is 0 Å². The largest absolute Gasteiger partial charge is 0.313 e. The molecule has 1 unspecified atom stereocenters. The van der Waals surface area contributed by atoms with E-state index in [-0.39, 0.29) is 0 Å². The van der Waals surface area contributed by atoms with Gasteiger partial charge in [-0.2, -0.15) is 0 Å². The van der Waals surface area contributed by atoms with Gasteiger partial charge in [0.05, 0.1) is 0 Å². The third-order valence-electron chi connectivity index (χ3n) is 5.69. The summed E-state index contributed by atoms with van der Waals surface area (Å²) in [6.45, 7) is 2.40. The van der Waals surface area contributed by atoms with Gasteiger partial charge >= 0.3 is 0 Å². The molecule has 0 aromatic heterocycles. The first-order valence-corrected chi connectivity index (χ1v) is 8.55. The third-order valence-corrected chi connectivity index (χ3v) is 5.69. The van der Waals surface area contributed by atoms with Crippen LogP contribution in [0.25, 0.3) is 0 Å². The standard InChI is InChI=1S/C19H29N/c1-14-9-11-16(12-10-14)19(20-2)18-8-4-7-17(13-18)15-5-3-6-15/h4,7-8,13-16,19-20H,3,5-6,9-12H2,1-2H3. The van der Waals surface area contributed by atoms with Gasteiger partial charge in [-0.15, -0.1) is 0 Å². The van der Waals surface area contributed by atoms with E-state index in [2.05, 4.69) is 43.6 Å². The van der Waals surface area contributed by atoms with Crippen molar-refractivity contribution in [1.82, 2.24) is 5.32 Å². The monoisotopic (exact) mass is 271 g/mol. The first-order valence-electron chi connectivity index (χ1n) is 8.55. The van der Waals surface area contributed by atoms with E-state index >= 15 is 0 Å². The van der Waals surface area contributed by atoms with Crippen LogP contribution in [0.3, 0.4) is 0 Å². The van der Waals surface area contributed by atoms with E-state index in [0.717, 1.165) is 17.8 Å². The summed E-state index contributed by atoms with van der Waals surface area (Å²) in [7, 11) is 2.14. The lowest BCUT2D eigenvalue weighted by Crippen LogP contribution is -2.28. The van der Waals surface area contributed by atoms with Crippen molar-refractivity contribution in [3.63, 3.8) is 0 Å². The summed E-state index contributed by atoms with van der Waals surface area (Å²) in [4.78, 5) is 0. The van der Waals surface area contributed by atoms with Gasteiger partial charge in [0, 0.05) is 6.04 Å². The van der Waals surface area contributed by atoms with Crippen LogP contribution in [0.4, 0.5) is 0 Å². The van der Waals surface area contributed by atoms with Crippen LogP contribution < -0.4 is 5.32 Å². The highest BCUT2D eigenvalue weighted by atomic mass is 14.9. The van der Waals surface area contributed by atoms with Crippen LogP contribution in [-0.2, 0) is 0 Å². The van der Waals surface area contributed by atoms with Crippen molar-refractivity contribution < 1.29 is 0 Å². The fraction of sp³-hybridized carbons (Fsp3) is 0.684. The van der Waals surface area contributed by atoms with Gasteiger partial charge in [0.25, 0.3) is 0 Å². The topological polar surface area (TPSA) is 12.0 Å². The van der Waals surface area contributed by atoms with Crippen molar-refractivity contribution in [2.75, 3.05) is 7.05 Å². The normalized spacial score (nSPS) is 28.9. The molecule has 0 radical (unpaired) electrons. The first-order chi connectivity index (χ1) is 9.78. The summed E-state index contributed by atoms with van der Waals surface area (Å²) in [5.41, 5.74) is 3.11.